The monoisotopic (exact) mass is 261 g/mol. The molecule has 0 amide bonds. The van der Waals surface area contributed by atoms with Gasteiger partial charge in [0.05, 0.1) is 13.2 Å². The molecule has 1 aliphatic heterocycles. The summed E-state index contributed by atoms with van der Waals surface area (Å²) in [6.45, 7) is 5.11. The highest BCUT2D eigenvalue weighted by Crippen LogP contribution is 2.19. The van der Waals surface area contributed by atoms with E-state index in [1.54, 1.807) is 6.08 Å². The van der Waals surface area contributed by atoms with Gasteiger partial charge in [-0.2, -0.15) is 0 Å². The Morgan fingerprint density at radius 3 is 2.79 bits per heavy atom. The third kappa shape index (κ3) is 3.58. The number of benzene rings is 1. The van der Waals surface area contributed by atoms with E-state index in [1.165, 1.54) is 0 Å². The predicted molar refractivity (Wildman–Crippen MR) is 75.4 cm³/mol. The van der Waals surface area contributed by atoms with E-state index in [4.69, 9.17) is 9.84 Å². The van der Waals surface area contributed by atoms with Gasteiger partial charge in [-0.15, -0.1) is 0 Å². The summed E-state index contributed by atoms with van der Waals surface area (Å²) in [5, 5.41) is 9.06. The maximum atomic E-state index is 11.0. The lowest BCUT2D eigenvalue weighted by Gasteiger charge is -2.29. The Bertz CT molecular complexity index is 476. The number of hydrogen-bond donors (Lipinski definition) is 1. The van der Waals surface area contributed by atoms with Gasteiger partial charge < -0.3 is 14.7 Å². The minimum absolute atomic E-state index is 0.430. The van der Waals surface area contributed by atoms with Crippen LogP contribution in [-0.4, -0.2) is 37.4 Å². The van der Waals surface area contributed by atoms with Crippen LogP contribution in [0.25, 0.3) is 6.08 Å². The number of carbonyl (C=O) groups is 1. The smallest absolute Gasteiger partial charge is 0.331 e. The van der Waals surface area contributed by atoms with Crippen molar-refractivity contribution in [1.82, 2.24) is 0 Å². The number of morpholine rings is 1. The fourth-order valence-electron chi connectivity index (χ4n) is 2.15. The Kier molecular flexibility index (Phi) is 4.58. The van der Waals surface area contributed by atoms with E-state index in [0.717, 1.165) is 37.6 Å². The molecule has 1 aromatic carbocycles. The number of ether oxygens (including phenoxy) is 1. The largest absolute Gasteiger partial charge is 0.478 e. The first-order chi connectivity index (χ1) is 9.20. The van der Waals surface area contributed by atoms with E-state index in [0.29, 0.717) is 12.0 Å². The summed E-state index contributed by atoms with van der Waals surface area (Å²) in [6.07, 6.45) is 2.27. The van der Waals surface area contributed by atoms with Crippen LogP contribution in [0.5, 0.6) is 0 Å². The van der Waals surface area contributed by atoms with E-state index < -0.39 is 5.97 Å². The minimum Gasteiger partial charge on any atom is -0.478 e. The molecule has 1 aromatic rings. The van der Waals surface area contributed by atoms with Gasteiger partial charge in [0.1, 0.15) is 0 Å². The van der Waals surface area contributed by atoms with Crippen molar-refractivity contribution in [3.63, 3.8) is 0 Å². The van der Waals surface area contributed by atoms with Gasteiger partial charge in [0.2, 0.25) is 0 Å². The summed E-state index contributed by atoms with van der Waals surface area (Å²) < 4.78 is 5.33. The quantitative estimate of drug-likeness (QED) is 0.846. The summed E-state index contributed by atoms with van der Waals surface area (Å²) in [5.74, 6) is -0.848. The summed E-state index contributed by atoms with van der Waals surface area (Å²) in [4.78, 5) is 13.3. The Hall–Kier alpha value is -1.81. The molecule has 0 radical (unpaired) electrons. The molecular weight excluding hydrogens is 242 g/mol. The lowest BCUT2D eigenvalue weighted by atomic mass is 10.1. The van der Waals surface area contributed by atoms with Crippen molar-refractivity contribution in [3.05, 3.63) is 35.4 Å². The van der Waals surface area contributed by atoms with Crippen LogP contribution in [0.4, 0.5) is 5.69 Å². The number of aliphatic carboxylic acids is 1. The molecule has 2 rings (SSSR count). The van der Waals surface area contributed by atoms with Crippen molar-refractivity contribution in [2.24, 2.45) is 0 Å². The lowest BCUT2D eigenvalue weighted by Crippen LogP contribution is -2.36. The molecule has 0 saturated carbocycles. The Balaban J connectivity index is 2.21. The van der Waals surface area contributed by atoms with Gasteiger partial charge in [0, 0.05) is 24.4 Å². The molecular formula is C15H19NO3. The molecule has 0 aromatic heterocycles. The number of carboxylic acid groups (broad SMARTS) is 1. The van der Waals surface area contributed by atoms with Crippen molar-refractivity contribution in [2.75, 3.05) is 31.2 Å². The van der Waals surface area contributed by atoms with Crippen LogP contribution in [0.2, 0.25) is 0 Å². The lowest BCUT2D eigenvalue weighted by molar-refractivity contribution is -0.132. The zero-order chi connectivity index (χ0) is 13.7. The summed E-state index contributed by atoms with van der Waals surface area (Å²) >= 11 is 0. The summed E-state index contributed by atoms with van der Waals surface area (Å²) in [5.41, 5.74) is 2.49. The molecule has 0 aliphatic carbocycles. The molecule has 102 valence electrons. The Morgan fingerprint density at radius 2 is 2.16 bits per heavy atom. The second-order valence-electron chi connectivity index (χ2n) is 4.52. The maximum Gasteiger partial charge on any atom is 0.331 e. The van der Waals surface area contributed by atoms with E-state index in [-0.39, 0.29) is 0 Å². The van der Waals surface area contributed by atoms with E-state index in [1.807, 2.05) is 25.1 Å². The van der Waals surface area contributed by atoms with Gasteiger partial charge in [-0.3, -0.25) is 0 Å². The van der Waals surface area contributed by atoms with Crippen molar-refractivity contribution in [3.8, 4) is 0 Å². The standard InChI is InChI=1S/C15H19NO3/c1-2-13(15(17)18)10-12-4-3-5-14(11-12)16-6-8-19-9-7-16/h3-5,10-11H,2,6-9H2,1H3,(H,17,18)/b13-10+. The molecule has 0 unspecified atom stereocenters. The highest BCUT2D eigenvalue weighted by atomic mass is 16.5. The van der Waals surface area contributed by atoms with Gasteiger partial charge in [0.25, 0.3) is 0 Å². The average Bonchev–Trinajstić information content (AvgIpc) is 2.45. The van der Waals surface area contributed by atoms with Crippen LogP contribution in [0, 0.1) is 0 Å². The van der Waals surface area contributed by atoms with Crippen LogP contribution in [-0.2, 0) is 9.53 Å². The van der Waals surface area contributed by atoms with Gasteiger partial charge in [0.15, 0.2) is 0 Å². The van der Waals surface area contributed by atoms with Gasteiger partial charge in [-0.1, -0.05) is 19.1 Å². The minimum atomic E-state index is -0.848. The predicted octanol–water partition coefficient (Wildman–Crippen LogP) is 2.40. The van der Waals surface area contributed by atoms with Crippen molar-refractivity contribution in [2.45, 2.75) is 13.3 Å². The van der Waals surface area contributed by atoms with Crippen LogP contribution in [0.15, 0.2) is 29.8 Å². The van der Waals surface area contributed by atoms with Crippen LogP contribution in [0.3, 0.4) is 0 Å². The SMILES string of the molecule is CC/C(=C\c1cccc(N2CCOCC2)c1)C(=O)O. The second kappa shape index (κ2) is 6.38. The van der Waals surface area contributed by atoms with E-state index >= 15 is 0 Å². The molecule has 1 N–H and O–H groups in total. The molecule has 1 fully saturated rings. The molecule has 19 heavy (non-hydrogen) atoms. The van der Waals surface area contributed by atoms with Crippen LogP contribution < -0.4 is 4.90 Å². The number of nitrogens with zero attached hydrogens (tertiary/aromatic N) is 1. The number of hydrogen-bond acceptors (Lipinski definition) is 3. The number of anilines is 1. The molecule has 4 heteroatoms. The first-order valence-electron chi connectivity index (χ1n) is 6.57. The summed E-state index contributed by atoms with van der Waals surface area (Å²) in [6, 6.07) is 7.98. The normalized spacial score (nSPS) is 16.5. The average molecular weight is 261 g/mol. The van der Waals surface area contributed by atoms with Gasteiger partial charge in [-0.25, -0.2) is 4.79 Å². The highest BCUT2D eigenvalue weighted by Gasteiger charge is 2.11. The number of rotatable bonds is 4. The topological polar surface area (TPSA) is 49.8 Å². The van der Waals surface area contributed by atoms with E-state index in [9.17, 15) is 4.79 Å². The molecule has 1 heterocycles. The molecule has 1 saturated heterocycles. The molecule has 0 atom stereocenters. The second-order valence-corrected chi connectivity index (χ2v) is 4.52. The third-order valence-electron chi connectivity index (χ3n) is 3.24. The van der Waals surface area contributed by atoms with Crippen LogP contribution in [0.1, 0.15) is 18.9 Å². The van der Waals surface area contributed by atoms with Crippen LogP contribution >= 0.6 is 0 Å². The summed E-state index contributed by atoms with van der Waals surface area (Å²) in [7, 11) is 0. The Labute approximate surface area is 113 Å². The number of carboxylic acids is 1. The highest BCUT2D eigenvalue weighted by molar-refractivity contribution is 5.92. The van der Waals surface area contributed by atoms with Gasteiger partial charge >= 0.3 is 5.97 Å². The molecule has 0 bridgehead atoms. The first-order valence-corrected chi connectivity index (χ1v) is 6.57. The molecule has 0 spiro atoms. The van der Waals surface area contributed by atoms with E-state index in [2.05, 4.69) is 11.0 Å². The Morgan fingerprint density at radius 1 is 1.42 bits per heavy atom. The molecule has 4 nitrogen and oxygen atoms in total. The van der Waals surface area contributed by atoms with Crippen molar-refractivity contribution >= 4 is 17.7 Å². The van der Waals surface area contributed by atoms with Gasteiger partial charge in [-0.05, 0) is 30.2 Å². The maximum absolute atomic E-state index is 11.0. The van der Waals surface area contributed by atoms with Crippen molar-refractivity contribution < 1.29 is 14.6 Å². The fourth-order valence-corrected chi connectivity index (χ4v) is 2.15. The zero-order valence-corrected chi connectivity index (χ0v) is 11.1. The first kappa shape index (κ1) is 13.6. The third-order valence-corrected chi connectivity index (χ3v) is 3.24. The zero-order valence-electron chi connectivity index (χ0n) is 11.1. The van der Waals surface area contributed by atoms with Crippen molar-refractivity contribution in [1.29, 1.82) is 0 Å². The molecule has 1 aliphatic rings. The fraction of sp³-hybridized carbons (Fsp3) is 0.400.